The highest BCUT2D eigenvalue weighted by Gasteiger charge is 2.60. The molecule has 9 nitrogen and oxygen atoms in total. The lowest BCUT2D eigenvalue weighted by Crippen LogP contribution is -2.66. The van der Waals surface area contributed by atoms with Gasteiger partial charge >= 0.3 is 11.9 Å². The van der Waals surface area contributed by atoms with Crippen LogP contribution in [0.25, 0.3) is 0 Å². The van der Waals surface area contributed by atoms with Crippen LogP contribution in [-0.4, -0.2) is 62.7 Å². The third kappa shape index (κ3) is 3.78. The third-order valence-corrected chi connectivity index (χ3v) is 6.10. The minimum Gasteiger partial charge on any atom is -0.497 e. The number of aliphatic hydroxyl groups excluding tert-OH is 1. The van der Waals surface area contributed by atoms with E-state index in [-0.39, 0.29) is 6.61 Å². The quantitative estimate of drug-likeness (QED) is 0.681. The second-order valence-electron chi connectivity index (χ2n) is 7.62. The van der Waals surface area contributed by atoms with Gasteiger partial charge in [0.1, 0.15) is 5.75 Å². The van der Waals surface area contributed by atoms with Gasteiger partial charge in [0.25, 0.3) is 5.79 Å². The molecule has 2 aliphatic heterocycles. The van der Waals surface area contributed by atoms with Gasteiger partial charge in [-0.3, -0.25) is 4.79 Å². The van der Waals surface area contributed by atoms with Crippen LogP contribution < -0.4 is 4.74 Å². The Morgan fingerprint density at radius 3 is 2.23 bits per heavy atom. The highest BCUT2D eigenvalue weighted by Crippen LogP contribution is 2.44. The zero-order valence-electron chi connectivity index (χ0n) is 17.7. The number of rotatable bonds is 6. The number of carbonyl (C=O) groups excluding carboxylic acids is 2. The lowest BCUT2D eigenvalue weighted by molar-refractivity contribution is -0.410. The second-order valence-corrected chi connectivity index (χ2v) is 7.62. The standard InChI is InChI=1S/C21H28O9/c1-20(26-4)21(2,27-5)30-19(24)17(29-20)14-10-11-28-18(23)15(14)16(22)12-6-8-13(25-3)9-7-12/h6-9,14-17,22H,10-11H2,1-5H3/t14-,15-,16-,17+,20-,21-/m1/s1. The van der Waals surface area contributed by atoms with Crippen molar-refractivity contribution < 1.29 is 43.1 Å². The Morgan fingerprint density at radius 1 is 1.03 bits per heavy atom. The van der Waals surface area contributed by atoms with E-state index in [2.05, 4.69) is 0 Å². The number of benzene rings is 1. The van der Waals surface area contributed by atoms with Gasteiger partial charge < -0.3 is 33.5 Å². The molecule has 1 N–H and O–H groups in total. The molecule has 0 radical (unpaired) electrons. The van der Waals surface area contributed by atoms with Gasteiger partial charge in [0.05, 0.1) is 25.7 Å². The van der Waals surface area contributed by atoms with Crippen molar-refractivity contribution >= 4 is 11.9 Å². The zero-order chi connectivity index (χ0) is 22.1. The van der Waals surface area contributed by atoms with Crippen molar-refractivity contribution in [3.8, 4) is 5.75 Å². The third-order valence-electron chi connectivity index (χ3n) is 6.10. The Labute approximate surface area is 175 Å². The molecule has 0 bridgehead atoms. The summed E-state index contributed by atoms with van der Waals surface area (Å²) < 4.78 is 32.7. The molecular weight excluding hydrogens is 396 g/mol. The lowest BCUT2D eigenvalue weighted by Gasteiger charge is -2.50. The monoisotopic (exact) mass is 424 g/mol. The van der Waals surface area contributed by atoms with Crippen molar-refractivity contribution in [2.24, 2.45) is 11.8 Å². The van der Waals surface area contributed by atoms with Crippen molar-refractivity contribution in [1.29, 1.82) is 0 Å². The molecule has 30 heavy (non-hydrogen) atoms. The van der Waals surface area contributed by atoms with Gasteiger partial charge in [-0.2, -0.15) is 0 Å². The van der Waals surface area contributed by atoms with Gasteiger partial charge in [-0.05, 0) is 31.0 Å². The Hall–Kier alpha value is -2.20. The van der Waals surface area contributed by atoms with E-state index in [1.54, 1.807) is 31.2 Å². The average molecular weight is 424 g/mol. The molecule has 0 aliphatic carbocycles. The summed E-state index contributed by atoms with van der Waals surface area (Å²) in [5.74, 6) is -5.30. The molecule has 0 unspecified atom stereocenters. The maximum absolute atomic E-state index is 12.8. The predicted molar refractivity (Wildman–Crippen MR) is 102 cm³/mol. The van der Waals surface area contributed by atoms with E-state index in [0.29, 0.717) is 17.7 Å². The SMILES string of the molecule is COc1ccc([C@@H](O)[C@@H]2C(=O)OCC[C@H]2[C@@H]2O[C@@](C)(OC)[C@](C)(OC)OC2=O)cc1. The van der Waals surface area contributed by atoms with Gasteiger partial charge in [0, 0.05) is 27.1 Å². The largest absolute Gasteiger partial charge is 0.497 e. The summed E-state index contributed by atoms with van der Waals surface area (Å²) in [7, 11) is 4.32. The van der Waals surface area contributed by atoms with Crippen molar-refractivity contribution in [3.63, 3.8) is 0 Å². The fourth-order valence-electron chi connectivity index (χ4n) is 3.92. The molecule has 2 heterocycles. The normalized spacial score (nSPS) is 35.3. The number of carbonyl (C=O) groups is 2. The van der Waals surface area contributed by atoms with Crippen LogP contribution in [0.4, 0.5) is 0 Å². The molecule has 0 aromatic heterocycles. The number of methoxy groups -OCH3 is 3. The van der Waals surface area contributed by atoms with Crippen LogP contribution >= 0.6 is 0 Å². The fraction of sp³-hybridized carbons (Fsp3) is 0.619. The Morgan fingerprint density at radius 2 is 1.67 bits per heavy atom. The molecule has 2 aliphatic rings. The first kappa shape index (κ1) is 22.5. The van der Waals surface area contributed by atoms with E-state index in [1.165, 1.54) is 28.3 Å². The highest BCUT2D eigenvalue weighted by atomic mass is 16.8. The summed E-state index contributed by atoms with van der Waals surface area (Å²) in [6.45, 7) is 3.23. The number of cyclic esters (lactones) is 2. The maximum Gasteiger partial charge on any atom is 0.338 e. The van der Waals surface area contributed by atoms with E-state index in [4.69, 9.17) is 28.4 Å². The maximum atomic E-state index is 12.8. The molecule has 0 spiro atoms. The van der Waals surface area contributed by atoms with E-state index >= 15 is 0 Å². The average Bonchev–Trinajstić information content (AvgIpc) is 2.75. The Bertz CT molecular complexity index is 779. The van der Waals surface area contributed by atoms with Crippen LogP contribution in [0.1, 0.15) is 31.9 Å². The lowest BCUT2D eigenvalue weighted by atomic mass is 9.77. The number of hydrogen-bond donors (Lipinski definition) is 1. The summed E-state index contributed by atoms with van der Waals surface area (Å²) >= 11 is 0. The number of hydrogen-bond acceptors (Lipinski definition) is 9. The molecule has 2 fully saturated rings. The minimum absolute atomic E-state index is 0.105. The molecule has 2 saturated heterocycles. The molecule has 166 valence electrons. The molecule has 0 amide bonds. The molecule has 1 aromatic rings. The number of ether oxygens (including phenoxy) is 6. The van der Waals surface area contributed by atoms with E-state index < -0.39 is 47.6 Å². The van der Waals surface area contributed by atoms with Crippen molar-refractivity contribution in [2.75, 3.05) is 27.9 Å². The van der Waals surface area contributed by atoms with E-state index in [0.717, 1.165) is 0 Å². The predicted octanol–water partition coefficient (Wildman–Crippen LogP) is 1.58. The van der Waals surface area contributed by atoms with Crippen molar-refractivity contribution in [2.45, 2.75) is 44.1 Å². The molecular formula is C21H28O9. The smallest absolute Gasteiger partial charge is 0.338 e. The van der Waals surface area contributed by atoms with E-state index in [1.807, 2.05) is 0 Å². The molecule has 0 saturated carbocycles. The van der Waals surface area contributed by atoms with Crippen molar-refractivity contribution in [3.05, 3.63) is 29.8 Å². The first-order chi connectivity index (χ1) is 14.2. The molecule has 3 rings (SSSR count). The van der Waals surface area contributed by atoms with Crippen LogP contribution in [0.15, 0.2) is 24.3 Å². The topological polar surface area (TPSA) is 110 Å². The van der Waals surface area contributed by atoms with Crippen LogP contribution in [-0.2, 0) is 33.3 Å². The van der Waals surface area contributed by atoms with Gasteiger partial charge in [-0.25, -0.2) is 4.79 Å². The van der Waals surface area contributed by atoms with Gasteiger partial charge in [-0.15, -0.1) is 0 Å². The highest BCUT2D eigenvalue weighted by molar-refractivity contribution is 5.80. The minimum atomic E-state index is -1.48. The fourth-order valence-corrected chi connectivity index (χ4v) is 3.92. The summed E-state index contributed by atoms with van der Waals surface area (Å²) in [6, 6.07) is 6.67. The first-order valence-corrected chi connectivity index (χ1v) is 9.69. The number of aliphatic hydroxyl groups is 1. The van der Waals surface area contributed by atoms with Crippen molar-refractivity contribution in [1.82, 2.24) is 0 Å². The Kier molecular flexibility index (Phi) is 6.37. The summed E-state index contributed by atoms with van der Waals surface area (Å²) in [6.07, 6.45) is -2.05. The van der Waals surface area contributed by atoms with Gasteiger partial charge in [0.2, 0.25) is 5.79 Å². The second kappa shape index (κ2) is 8.50. The first-order valence-electron chi connectivity index (χ1n) is 9.69. The summed E-state index contributed by atoms with van der Waals surface area (Å²) in [5.41, 5.74) is 0.491. The van der Waals surface area contributed by atoms with Crippen LogP contribution in [0.5, 0.6) is 5.75 Å². The summed E-state index contributed by atoms with van der Waals surface area (Å²) in [4.78, 5) is 25.5. The summed E-state index contributed by atoms with van der Waals surface area (Å²) in [5, 5.41) is 11.0. The number of esters is 2. The van der Waals surface area contributed by atoms with Gasteiger partial charge in [0.15, 0.2) is 6.10 Å². The zero-order valence-corrected chi connectivity index (χ0v) is 17.7. The van der Waals surface area contributed by atoms with Crippen LogP contribution in [0.3, 0.4) is 0 Å². The van der Waals surface area contributed by atoms with Gasteiger partial charge in [-0.1, -0.05) is 12.1 Å². The van der Waals surface area contributed by atoms with E-state index in [9.17, 15) is 14.7 Å². The van der Waals surface area contributed by atoms with Crippen LogP contribution in [0.2, 0.25) is 0 Å². The molecule has 6 atom stereocenters. The molecule has 1 aromatic carbocycles. The van der Waals surface area contributed by atoms with Crippen LogP contribution in [0, 0.1) is 11.8 Å². The Balaban J connectivity index is 1.92. The molecule has 9 heteroatoms.